The number of hydrogen-bond donors (Lipinski definition) is 2. The van der Waals surface area contributed by atoms with Gasteiger partial charge in [0.2, 0.25) is 0 Å². The Kier molecular flexibility index (Phi) is 1.80. The van der Waals surface area contributed by atoms with Crippen molar-refractivity contribution in [3.8, 4) is 0 Å². The molecule has 4 heteroatoms. The molecule has 2 aromatic rings. The Morgan fingerprint density at radius 1 is 1.18 bits per heavy atom. The predicted molar refractivity (Wildman–Crippen MR) is 64.9 cm³/mol. The molecule has 1 aliphatic carbocycles. The van der Waals surface area contributed by atoms with Gasteiger partial charge in [0.15, 0.2) is 5.82 Å². The molecular formula is C13H14N4. The zero-order valence-corrected chi connectivity index (χ0v) is 9.48. The Morgan fingerprint density at radius 3 is 2.88 bits per heavy atom. The van der Waals surface area contributed by atoms with Gasteiger partial charge in [-0.2, -0.15) is 5.10 Å². The highest BCUT2D eigenvalue weighted by atomic mass is 15.2. The van der Waals surface area contributed by atoms with E-state index in [4.69, 9.17) is 0 Å². The third-order valence-corrected chi connectivity index (χ3v) is 3.56. The lowest BCUT2D eigenvalue weighted by molar-refractivity contribution is 0.752. The van der Waals surface area contributed by atoms with Crippen LogP contribution in [-0.2, 0) is 6.42 Å². The summed E-state index contributed by atoms with van der Waals surface area (Å²) in [5, 5.41) is 10.9. The number of H-pyrrole nitrogens is 1. The van der Waals surface area contributed by atoms with E-state index in [0.717, 1.165) is 18.1 Å². The summed E-state index contributed by atoms with van der Waals surface area (Å²) in [6.07, 6.45) is 3.49. The molecule has 1 aromatic heterocycles. The molecule has 1 saturated carbocycles. The number of rotatable bonds is 2. The van der Waals surface area contributed by atoms with E-state index in [2.05, 4.69) is 44.8 Å². The number of benzene rings is 1. The fraction of sp³-hybridized carbons (Fsp3) is 0.385. The summed E-state index contributed by atoms with van der Waals surface area (Å²) in [7, 11) is 0. The number of aromatic amines is 1. The average Bonchev–Trinajstić information content (AvgIpc) is 2.94. The quantitative estimate of drug-likeness (QED) is 0.826. The van der Waals surface area contributed by atoms with Crippen LogP contribution in [0.5, 0.6) is 0 Å². The summed E-state index contributed by atoms with van der Waals surface area (Å²) < 4.78 is 0. The number of aromatic nitrogens is 3. The van der Waals surface area contributed by atoms with Crippen molar-refractivity contribution in [1.82, 2.24) is 15.2 Å². The number of anilines is 1. The number of nitrogens with zero attached hydrogens (tertiary/aromatic N) is 2. The highest BCUT2D eigenvalue weighted by Gasteiger charge is 2.30. The molecule has 0 spiro atoms. The van der Waals surface area contributed by atoms with E-state index in [1.54, 1.807) is 0 Å². The normalized spacial score (nSPS) is 22.2. The fourth-order valence-electron chi connectivity index (χ4n) is 2.43. The Labute approximate surface area is 99.5 Å². The molecule has 2 heterocycles. The van der Waals surface area contributed by atoms with E-state index in [9.17, 15) is 0 Å². The average molecular weight is 226 g/mol. The van der Waals surface area contributed by atoms with Gasteiger partial charge < -0.3 is 5.32 Å². The summed E-state index contributed by atoms with van der Waals surface area (Å²) in [6, 6.07) is 8.68. The van der Waals surface area contributed by atoms with Gasteiger partial charge >= 0.3 is 0 Å². The Balaban J connectivity index is 1.60. The molecule has 1 aliphatic heterocycles. The lowest BCUT2D eigenvalue weighted by Crippen LogP contribution is -2.07. The first-order chi connectivity index (χ1) is 8.40. The van der Waals surface area contributed by atoms with Gasteiger partial charge in [-0.05, 0) is 24.5 Å². The third kappa shape index (κ3) is 1.52. The molecular weight excluding hydrogens is 212 g/mol. The molecule has 0 amide bonds. The van der Waals surface area contributed by atoms with Gasteiger partial charge in [0.25, 0.3) is 0 Å². The Morgan fingerprint density at radius 2 is 2.06 bits per heavy atom. The van der Waals surface area contributed by atoms with Gasteiger partial charge in [0.05, 0.1) is 6.04 Å². The number of hydrogen-bond acceptors (Lipinski definition) is 3. The van der Waals surface area contributed by atoms with Crippen molar-refractivity contribution in [2.24, 2.45) is 0 Å². The van der Waals surface area contributed by atoms with Crippen LogP contribution in [0.1, 0.15) is 42.0 Å². The van der Waals surface area contributed by atoms with Gasteiger partial charge in [-0.25, -0.2) is 4.98 Å². The molecule has 1 unspecified atom stereocenters. The lowest BCUT2D eigenvalue weighted by Gasteiger charge is -2.06. The van der Waals surface area contributed by atoms with Crippen LogP contribution in [0.3, 0.4) is 0 Å². The largest absolute Gasteiger partial charge is 0.375 e. The molecule has 4 nitrogen and oxygen atoms in total. The van der Waals surface area contributed by atoms with Crippen molar-refractivity contribution < 1.29 is 0 Å². The van der Waals surface area contributed by atoms with Crippen LogP contribution in [0.15, 0.2) is 24.3 Å². The van der Waals surface area contributed by atoms with Gasteiger partial charge in [0, 0.05) is 18.0 Å². The van der Waals surface area contributed by atoms with Crippen LogP contribution >= 0.6 is 0 Å². The van der Waals surface area contributed by atoms with E-state index >= 15 is 0 Å². The molecule has 86 valence electrons. The lowest BCUT2D eigenvalue weighted by atomic mass is 10.1. The summed E-state index contributed by atoms with van der Waals surface area (Å²) in [5.74, 6) is 2.59. The van der Waals surface area contributed by atoms with Crippen LogP contribution in [0.4, 0.5) is 5.69 Å². The number of nitrogens with one attached hydrogen (secondary N) is 2. The summed E-state index contributed by atoms with van der Waals surface area (Å²) in [4.78, 5) is 4.61. The number of para-hydroxylation sites is 1. The highest BCUT2D eigenvalue weighted by molar-refractivity contribution is 5.57. The SMILES string of the molecule is c1ccc2c(c1)CC(c1nc(C3CC3)n[nH]1)N2. The molecule has 2 aliphatic rings. The zero-order chi connectivity index (χ0) is 11.2. The van der Waals surface area contributed by atoms with E-state index in [-0.39, 0.29) is 6.04 Å². The molecule has 0 bridgehead atoms. The summed E-state index contributed by atoms with van der Waals surface area (Å²) in [6.45, 7) is 0. The second-order valence-corrected chi connectivity index (χ2v) is 4.91. The zero-order valence-electron chi connectivity index (χ0n) is 9.48. The van der Waals surface area contributed by atoms with E-state index < -0.39 is 0 Å². The Hall–Kier alpha value is -1.84. The topological polar surface area (TPSA) is 53.6 Å². The monoisotopic (exact) mass is 226 g/mol. The smallest absolute Gasteiger partial charge is 0.153 e. The second-order valence-electron chi connectivity index (χ2n) is 4.91. The molecule has 1 aromatic carbocycles. The molecule has 0 radical (unpaired) electrons. The summed E-state index contributed by atoms with van der Waals surface area (Å²) in [5.41, 5.74) is 2.59. The van der Waals surface area contributed by atoms with Crippen LogP contribution in [0.25, 0.3) is 0 Å². The van der Waals surface area contributed by atoms with Crippen LogP contribution < -0.4 is 5.32 Å². The van der Waals surface area contributed by atoms with Crippen LogP contribution in [0.2, 0.25) is 0 Å². The van der Waals surface area contributed by atoms with Crippen molar-refractivity contribution in [2.45, 2.75) is 31.2 Å². The highest BCUT2D eigenvalue weighted by Crippen LogP contribution is 2.39. The van der Waals surface area contributed by atoms with E-state index in [1.165, 1.54) is 24.1 Å². The predicted octanol–water partition coefficient (Wildman–Crippen LogP) is 2.39. The van der Waals surface area contributed by atoms with Crippen molar-refractivity contribution in [3.63, 3.8) is 0 Å². The molecule has 17 heavy (non-hydrogen) atoms. The van der Waals surface area contributed by atoms with Gasteiger partial charge in [0.1, 0.15) is 5.82 Å². The molecule has 4 rings (SSSR count). The fourth-order valence-corrected chi connectivity index (χ4v) is 2.43. The standard InChI is InChI=1S/C13H14N4/c1-2-4-10-9(3-1)7-11(14-10)13-15-12(16-17-13)8-5-6-8/h1-4,8,11,14H,5-7H2,(H,15,16,17). The maximum absolute atomic E-state index is 4.61. The second kappa shape index (κ2) is 3.32. The maximum atomic E-state index is 4.61. The minimum absolute atomic E-state index is 0.257. The number of fused-ring (bicyclic) bond motifs is 1. The van der Waals surface area contributed by atoms with Crippen molar-refractivity contribution in [3.05, 3.63) is 41.5 Å². The van der Waals surface area contributed by atoms with Crippen molar-refractivity contribution >= 4 is 5.69 Å². The maximum Gasteiger partial charge on any atom is 0.153 e. The van der Waals surface area contributed by atoms with Crippen LogP contribution in [0, 0.1) is 0 Å². The summed E-state index contributed by atoms with van der Waals surface area (Å²) >= 11 is 0. The van der Waals surface area contributed by atoms with E-state index in [1.807, 2.05) is 0 Å². The first-order valence-electron chi connectivity index (χ1n) is 6.17. The third-order valence-electron chi connectivity index (χ3n) is 3.56. The van der Waals surface area contributed by atoms with Crippen LogP contribution in [-0.4, -0.2) is 15.2 Å². The van der Waals surface area contributed by atoms with Gasteiger partial charge in [-0.1, -0.05) is 18.2 Å². The van der Waals surface area contributed by atoms with E-state index in [0.29, 0.717) is 5.92 Å². The molecule has 2 N–H and O–H groups in total. The van der Waals surface area contributed by atoms with Gasteiger partial charge in [-0.3, -0.25) is 5.10 Å². The first-order valence-corrected chi connectivity index (χ1v) is 6.17. The minimum atomic E-state index is 0.257. The van der Waals surface area contributed by atoms with Crippen molar-refractivity contribution in [1.29, 1.82) is 0 Å². The molecule has 1 atom stereocenters. The Bertz CT molecular complexity index is 531. The molecule has 0 saturated heterocycles. The van der Waals surface area contributed by atoms with Crippen molar-refractivity contribution in [2.75, 3.05) is 5.32 Å². The first kappa shape index (κ1) is 9.22. The minimum Gasteiger partial charge on any atom is -0.375 e. The molecule has 1 fully saturated rings. The van der Waals surface area contributed by atoms with Gasteiger partial charge in [-0.15, -0.1) is 0 Å².